The highest BCUT2D eigenvalue weighted by Crippen LogP contribution is 2.28. The van der Waals surface area contributed by atoms with Gasteiger partial charge in [0, 0.05) is 13.1 Å². The lowest BCUT2D eigenvalue weighted by atomic mass is 10.1. The summed E-state index contributed by atoms with van der Waals surface area (Å²) in [6.07, 6.45) is 9.22. The van der Waals surface area contributed by atoms with Gasteiger partial charge in [0.25, 0.3) is 0 Å². The number of hydrogen-bond acceptors (Lipinski definition) is 3. The molecule has 0 aromatic rings. The molecule has 0 radical (unpaired) electrons. The van der Waals surface area contributed by atoms with E-state index in [4.69, 9.17) is 6.42 Å². The molecule has 0 aliphatic carbocycles. The summed E-state index contributed by atoms with van der Waals surface area (Å²) in [5.74, 6) is 4.01. The fourth-order valence-electron chi connectivity index (χ4n) is 2.62. The van der Waals surface area contributed by atoms with Gasteiger partial charge in [0.2, 0.25) is 0 Å². The fourth-order valence-corrected chi connectivity index (χ4v) is 2.62. The summed E-state index contributed by atoms with van der Waals surface area (Å²) in [6.45, 7) is 3.26. The molecule has 82 valence electrons. The van der Waals surface area contributed by atoms with Gasteiger partial charge in [-0.3, -0.25) is 4.99 Å². The Morgan fingerprint density at radius 1 is 1.27 bits per heavy atom. The van der Waals surface area contributed by atoms with Gasteiger partial charge in [0.15, 0.2) is 5.96 Å². The van der Waals surface area contributed by atoms with E-state index in [2.05, 4.69) is 20.7 Å². The Labute approximate surface area is 108 Å². The van der Waals surface area contributed by atoms with Gasteiger partial charge in [-0.25, -0.2) is 0 Å². The summed E-state index contributed by atoms with van der Waals surface area (Å²) in [6, 6.07) is 0.997. The molecule has 3 rings (SSSR count). The molecule has 0 N–H and O–H groups in total. The van der Waals surface area contributed by atoms with Crippen LogP contribution in [0.4, 0.5) is 0 Å². The Bertz CT molecular complexity index is 320. The lowest BCUT2D eigenvalue weighted by Crippen LogP contribution is -2.55. The largest absolute Gasteiger partial charge is 0.338 e. The van der Waals surface area contributed by atoms with Gasteiger partial charge in [-0.1, -0.05) is 5.92 Å². The minimum Gasteiger partial charge on any atom is -0.338 e. The predicted octanol–water partition coefficient (Wildman–Crippen LogP) is 1.15. The van der Waals surface area contributed by atoms with E-state index in [-0.39, 0.29) is 24.0 Å². The Morgan fingerprint density at radius 3 is 2.80 bits per heavy atom. The lowest BCUT2D eigenvalue weighted by molar-refractivity contribution is 0.206. The maximum atomic E-state index is 5.46. The van der Waals surface area contributed by atoms with E-state index in [1.54, 1.807) is 0 Å². The minimum absolute atomic E-state index is 0. The maximum absolute atomic E-state index is 5.46. The highest BCUT2D eigenvalue weighted by atomic mass is 127. The standard InChI is InChI=1S/C11H15N3.HI/c1-2-9-5-7-14(9)11-12-8-10-4-3-6-13(10)11;/h1,9-10H,3-8H2;1H/t9?,10-;/m1./s1. The first-order chi connectivity index (χ1) is 6.90. The normalized spacial score (nSPS) is 32.6. The van der Waals surface area contributed by atoms with Crippen molar-refractivity contribution in [1.29, 1.82) is 0 Å². The van der Waals surface area contributed by atoms with Crippen LogP contribution < -0.4 is 0 Å². The third-order valence-electron chi connectivity index (χ3n) is 3.55. The summed E-state index contributed by atoms with van der Waals surface area (Å²) < 4.78 is 0. The zero-order valence-corrected chi connectivity index (χ0v) is 11.1. The third kappa shape index (κ3) is 1.61. The molecule has 15 heavy (non-hydrogen) atoms. The molecule has 0 amide bonds. The van der Waals surface area contributed by atoms with Crippen LogP contribution in [0, 0.1) is 12.3 Å². The summed E-state index contributed by atoms with van der Waals surface area (Å²) in [5, 5.41) is 0. The minimum atomic E-state index is 0. The van der Waals surface area contributed by atoms with Gasteiger partial charge in [0.1, 0.15) is 0 Å². The number of fused-ring (bicyclic) bond motifs is 1. The molecule has 0 aromatic heterocycles. The van der Waals surface area contributed by atoms with Crippen molar-refractivity contribution in [2.45, 2.75) is 31.3 Å². The highest BCUT2D eigenvalue weighted by molar-refractivity contribution is 14.0. The SMILES string of the molecule is C#CC1CCN1C1=NC[C@H]2CCCN12.I. The number of aliphatic imine (C=N–C) groups is 1. The van der Waals surface area contributed by atoms with E-state index in [0.717, 1.165) is 19.5 Å². The molecule has 2 saturated heterocycles. The van der Waals surface area contributed by atoms with E-state index in [1.807, 2.05) is 0 Å². The molecule has 0 saturated carbocycles. The van der Waals surface area contributed by atoms with E-state index < -0.39 is 0 Å². The Balaban J connectivity index is 0.000000853. The van der Waals surface area contributed by atoms with E-state index in [1.165, 1.54) is 25.3 Å². The third-order valence-corrected chi connectivity index (χ3v) is 3.55. The average Bonchev–Trinajstić information content (AvgIpc) is 2.68. The van der Waals surface area contributed by atoms with Crippen molar-refractivity contribution in [3.05, 3.63) is 0 Å². The second-order valence-corrected chi connectivity index (χ2v) is 4.29. The summed E-state index contributed by atoms with van der Waals surface area (Å²) in [4.78, 5) is 9.34. The Hall–Kier alpha value is -0.440. The smallest absolute Gasteiger partial charge is 0.198 e. The highest BCUT2D eigenvalue weighted by Gasteiger charge is 2.39. The van der Waals surface area contributed by atoms with Crippen LogP contribution in [0.5, 0.6) is 0 Å². The van der Waals surface area contributed by atoms with E-state index in [0.29, 0.717) is 12.1 Å². The van der Waals surface area contributed by atoms with E-state index in [9.17, 15) is 0 Å². The molecule has 3 nitrogen and oxygen atoms in total. The van der Waals surface area contributed by atoms with Gasteiger partial charge >= 0.3 is 0 Å². The molecule has 3 heterocycles. The van der Waals surface area contributed by atoms with Crippen molar-refractivity contribution in [3.8, 4) is 12.3 Å². The van der Waals surface area contributed by atoms with Gasteiger partial charge in [0.05, 0.1) is 18.6 Å². The number of terminal acetylenes is 1. The second kappa shape index (κ2) is 4.20. The van der Waals surface area contributed by atoms with Crippen LogP contribution in [0.25, 0.3) is 0 Å². The first-order valence-corrected chi connectivity index (χ1v) is 5.44. The van der Waals surface area contributed by atoms with Crippen LogP contribution >= 0.6 is 24.0 Å². The van der Waals surface area contributed by atoms with Crippen LogP contribution in [-0.4, -0.2) is 47.5 Å². The Morgan fingerprint density at radius 2 is 2.13 bits per heavy atom. The topological polar surface area (TPSA) is 18.8 Å². The molecule has 0 aromatic carbocycles. The molecule has 0 spiro atoms. The van der Waals surface area contributed by atoms with Crippen LogP contribution in [0.2, 0.25) is 0 Å². The summed E-state index contributed by atoms with van der Waals surface area (Å²) in [5.41, 5.74) is 0. The number of nitrogens with zero attached hydrogens (tertiary/aromatic N) is 3. The molecular formula is C11H16IN3. The Kier molecular flexibility index (Phi) is 3.10. The van der Waals surface area contributed by atoms with Crippen molar-refractivity contribution < 1.29 is 0 Å². The number of likely N-dealkylation sites (tertiary alicyclic amines) is 1. The fraction of sp³-hybridized carbons (Fsp3) is 0.727. The van der Waals surface area contributed by atoms with Gasteiger partial charge in [-0.15, -0.1) is 30.4 Å². The molecule has 0 bridgehead atoms. The van der Waals surface area contributed by atoms with Gasteiger partial charge in [-0.05, 0) is 19.3 Å². The van der Waals surface area contributed by atoms with Crippen LogP contribution in [0.15, 0.2) is 4.99 Å². The average molecular weight is 317 g/mol. The van der Waals surface area contributed by atoms with Crippen LogP contribution in [0.1, 0.15) is 19.3 Å². The second-order valence-electron chi connectivity index (χ2n) is 4.29. The van der Waals surface area contributed by atoms with Crippen molar-refractivity contribution in [2.75, 3.05) is 19.6 Å². The maximum Gasteiger partial charge on any atom is 0.198 e. The molecule has 3 aliphatic rings. The first-order valence-electron chi connectivity index (χ1n) is 5.44. The monoisotopic (exact) mass is 317 g/mol. The van der Waals surface area contributed by atoms with Crippen molar-refractivity contribution in [1.82, 2.24) is 9.80 Å². The molecule has 2 atom stereocenters. The number of hydrogen-bond donors (Lipinski definition) is 0. The molecule has 1 unspecified atom stereocenters. The number of guanidine groups is 1. The van der Waals surface area contributed by atoms with Gasteiger partial charge in [-0.2, -0.15) is 0 Å². The molecule has 4 heteroatoms. The quantitative estimate of drug-likeness (QED) is 0.493. The van der Waals surface area contributed by atoms with Gasteiger partial charge < -0.3 is 9.80 Å². The van der Waals surface area contributed by atoms with Crippen LogP contribution in [0.3, 0.4) is 0 Å². The predicted molar refractivity (Wildman–Crippen MR) is 71.4 cm³/mol. The molecule has 3 aliphatic heterocycles. The first kappa shape index (κ1) is 11.1. The van der Waals surface area contributed by atoms with Crippen molar-refractivity contribution >= 4 is 29.9 Å². The summed E-state index contributed by atoms with van der Waals surface area (Å²) >= 11 is 0. The van der Waals surface area contributed by atoms with Crippen molar-refractivity contribution in [2.24, 2.45) is 4.99 Å². The summed E-state index contributed by atoms with van der Waals surface area (Å²) in [7, 11) is 0. The molecular weight excluding hydrogens is 301 g/mol. The van der Waals surface area contributed by atoms with Crippen molar-refractivity contribution in [3.63, 3.8) is 0 Å². The van der Waals surface area contributed by atoms with E-state index >= 15 is 0 Å². The number of halogens is 1. The lowest BCUT2D eigenvalue weighted by Gasteiger charge is -2.42. The zero-order chi connectivity index (χ0) is 9.54. The number of rotatable bonds is 0. The van der Waals surface area contributed by atoms with Crippen LogP contribution in [-0.2, 0) is 0 Å². The zero-order valence-electron chi connectivity index (χ0n) is 8.72. The molecule has 2 fully saturated rings.